The maximum Gasteiger partial charge on any atom is 0.110 e. The van der Waals surface area contributed by atoms with Crippen LogP contribution in [0.2, 0.25) is 0 Å². The van der Waals surface area contributed by atoms with Crippen molar-refractivity contribution in [3.05, 3.63) is 16.4 Å². The minimum Gasteiger partial charge on any atom is -0.383 e. The Morgan fingerprint density at radius 1 is 1.53 bits per heavy atom. The molecule has 17 heavy (non-hydrogen) atoms. The molecule has 94 valence electrons. The van der Waals surface area contributed by atoms with Crippen LogP contribution < -0.4 is 0 Å². The molecule has 2 aliphatic rings. The fourth-order valence-electron chi connectivity index (χ4n) is 3.73. The summed E-state index contributed by atoms with van der Waals surface area (Å²) in [6.45, 7) is 4.22. The first kappa shape index (κ1) is 11.7. The molecule has 0 saturated heterocycles. The summed E-state index contributed by atoms with van der Waals surface area (Å²) in [5.74, 6) is 1.14. The first-order valence-electron chi connectivity index (χ1n) is 6.48. The van der Waals surface area contributed by atoms with E-state index >= 15 is 0 Å². The van der Waals surface area contributed by atoms with Crippen molar-refractivity contribution < 1.29 is 5.11 Å². The zero-order valence-corrected chi connectivity index (χ0v) is 11.9. The van der Waals surface area contributed by atoms with Crippen LogP contribution in [0.25, 0.3) is 0 Å². The Hall–Kier alpha value is -0.350. The van der Waals surface area contributed by atoms with Gasteiger partial charge in [-0.25, -0.2) is 0 Å². The number of halogens is 1. The molecule has 3 atom stereocenters. The van der Waals surface area contributed by atoms with Crippen LogP contribution in [0.1, 0.15) is 51.3 Å². The molecule has 0 spiro atoms. The molecule has 2 bridgehead atoms. The molecule has 0 amide bonds. The number of hydrogen-bond donors (Lipinski definition) is 1. The van der Waals surface area contributed by atoms with Crippen LogP contribution in [0, 0.1) is 11.8 Å². The zero-order chi connectivity index (χ0) is 12.2. The Bertz CT molecular complexity index is 443. The van der Waals surface area contributed by atoms with E-state index in [9.17, 15) is 5.11 Å². The third-order valence-corrected chi connectivity index (χ3v) is 5.05. The highest BCUT2D eigenvalue weighted by molar-refractivity contribution is 9.10. The van der Waals surface area contributed by atoms with Gasteiger partial charge in [0.15, 0.2) is 0 Å². The number of aliphatic hydroxyl groups is 1. The van der Waals surface area contributed by atoms with Gasteiger partial charge in [-0.1, -0.05) is 0 Å². The molecule has 1 heterocycles. The molecule has 0 aliphatic heterocycles. The Labute approximate surface area is 110 Å². The first-order chi connectivity index (χ1) is 8.02. The quantitative estimate of drug-likeness (QED) is 0.910. The second kappa shape index (κ2) is 3.82. The highest BCUT2D eigenvalue weighted by Crippen LogP contribution is 2.56. The maximum absolute atomic E-state index is 11.1. The van der Waals surface area contributed by atoms with Gasteiger partial charge in [-0.3, -0.25) is 4.68 Å². The third-order valence-electron chi connectivity index (χ3n) is 4.47. The molecular weight excluding hydrogens is 280 g/mol. The van der Waals surface area contributed by atoms with Crippen molar-refractivity contribution in [1.82, 2.24) is 9.78 Å². The van der Waals surface area contributed by atoms with Crippen LogP contribution in [-0.4, -0.2) is 14.9 Å². The topological polar surface area (TPSA) is 38.0 Å². The lowest BCUT2D eigenvalue weighted by molar-refractivity contribution is -0.0275. The number of fused-ring (bicyclic) bond motifs is 2. The number of aromatic nitrogens is 2. The van der Waals surface area contributed by atoms with Crippen LogP contribution in [0.3, 0.4) is 0 Å². The second-order valence-electron chi connectivity index (χ2n) is 5.88. The van der Waals surface area contributed by atoms with Crippen LogP contribution in [-0.2, 0) is 5.60 Å². The van der Waals surface area contributed by atoms with Gasteiger partial charge in [0.25, 0.3) is 0 Å². The Kier molecular flexibility index (Phi) is 2.63. The van der Waals surface area contributed by atoms with Crippen molar-refractivity contribution in [1.29, 1.82) is 0 Å². The SMILES string of the molecule is CC(C)n1ncc(Br)c1C1(O)CC2CCC1C2. The lowest BCUT2D eigenvalue weighted by Crippen LogP contribution is -2.35. The van der Waals surface area contributed by atoms with Crippen LogP contribution in [0.15, 0.2) is 10.7 Å². The summed E-state index contributed by atoms with van der Waals surface area (Å²) < 4.78 is 2.94. The lowest BCUT2D eigenvalue weighted by atomic mass is 9.81. The molecule has 2 fully saturated rings. The van der Waals surface area contributed by atoms with Gasteiger partial charge in [-0.2, -0.15) is 5.10 Å². The molecule has 4 heteroatoms. The summed E-state index contributed by atoms with van der Waals surface area (Å²) >= 11 is 3.56. The van der Waals surface area contributed by atoms with Crippen molar-refractivity contribution in [3.63, 3.8) is 0 Å². The molecule has 3 rings (SSSR count). The van der Waals surface area contributed by atoms with Gasteiger partial charge < -0.3 is 5.11 Å². The predicted molar refractivity (Wildman–Crippen MR) is 69.7 cm³/mol. The van der Waals surface area contributed by atoms with E-state index in [4.69, 9.17) is 0 Å². The van der Waals surface area contributed by atoms with Crippen molar-refractivity contribution in [2.75, 3.05) is 0 Å². The van der Waals surface area contributed by atoms with E-state index in [0.29, 0.717) is 17.9 Å². The molecular formula is C13H19BrN2O. The van der Waals surface area contributed by atoms with Gasteiger partial charge in [-0.05, 0) is 67.3 Å². The van der Waals surface area contributed by atoms with Crippen LogP contribution >= 0.6 is 15.9 Å². The summed E-state index contributed by atoms with van der Waals surface area (Å²) in [7, 11) is 0. The fraction of sp³-hybridized carbons (Fsp3) is 0.769. The number of rotatable bonds is 2. The van der Waals surface area contributed by atoms with Gasteiger partial charge in [0.2, 0.25) is 0 Å². The Balaban J connectivity index is 2.07. The zero-order valence-electron chi connectivity index (χ0n) is 10.4. The summed E-state index contributed by atoms with van der Waals surface area (Å²) in [6, 6.07) is 0.291. The van der Waals surface area contributed by atoms with Gasteiger partial charge in [0.05, 0.1) is 16.4 Å². The molecule has 0 aromatic carbocycles. The fourth-order valence-corrected chi connectivity index (χ4v) is 4.35. The molecule has 2 saturated carbocycles. The van der Waals surface area contributed by atoms with E-state index in [1.807, 2.05) is 10.9 Å². The van der Waals surface area contributed by atoms with Crippen molar-refractivity contribution in [2.45, 2.75) is 51.2 Å². The van der Waals surface area contributed by atoms with E-state index in [0.717, 1.165) is 23.0 Å². The average Bonchev–Trinajstić information content (AvgIpc) is 2.90. The summed E-state index contributed by atoms with van der Waals surface area (Å²) in [5, 5.41) is 15.5. The van der Waals surface area contributed by atoms with Crippen LogP contribution in [0.5, 0.6) is 0 Å². The van der Waals surface area contributed by atoms with E-state index in [1.165, 1.54) is 12.8 Å². The van der Waals surface area contributed by atoms with Gasteiger partial charge in [0.1, 0.15) is 5.60 Å². The smallest absolute Gasteiger partial charge is 0.110 e. The Morgan fingerprint density at radius 3 is 2.82 bits per heavy atom. The molecule has 3 unspecified atom stereocenters. The van der Waals surface area contributed by atoms with Gasteiger partial charge >= 0.3 is 0 Å². The Morgan fingerprint density at radius 2 is 2.29 bits per heavy atom. The lowest BCUT2D eigenvalue weighted by Gasteiger charge is -2.34. The minimum absolute atomic E-state index is 0.291. The highest BCUT2D eigenvalue weighted by atomic mass is 79.9. The van der Waals surface area contributed by atoms with E-state index in [1.54, 1.807) is 0 Å². The largest absolute Gasteiger partial charge is 0.383 e. The van der Waals surface area contributed by atoms with E-state index in [2.05, 4.69) is 34.9 Å². The minimum atomic E-state index is -0.650. The monoisotopic (exact) mass is 298 g/mol. The highest BCUT2D eigenvalue weighted by Gasteiger charge is 2.53. The third kappa shape index (κ3) is 1.60. The molecule has 3 nitrogen and oxygen atoms in total. The summed E-state index contributed by atoms with van der Waals surface area (Å²) in [4.78, 5) is 0. The summed E-state index contributed by atoms with van der Waals surface area (Å²) in [5.41, 5.74) is 0.349. The first-order valence-corrected chi connectivity index (χ1v) is 7.27. The van der Waals surface area contributed by atoms with E-state index < -0.39 is 5.60 Å². The molecule has 1 aromatic heterocycles. The van der Waals surface area contributed by atoms with Crippen molar-refractivity contribution >= 4 is 15.9 Å². The van der Waals surface area contributed by atoms with Crippen molar-refractivity contribution in [2.24, 2.45) is 11.8 Å². The molecule has 2 aliphatic carbocycles. The van der Waals surface area contributed by atoms with Gasteiger partial charge in [0, 0.05) is 6.04 Å². The predicted octanol–water partition coefficient (Wildman–Crippen LogP) is 3.23. The second-order valence-corrected chi connectivity index (χ2v) is 6.74. The number of hydrogen-bond acceptors (Lipinski definition) is 2. The standard InChI is InChI=1S/C13H19BrN2O/c1-8(2)16-12(11(14)7-15-16)13(17)6-9-3-4-10(13)5-9/h7-10,17H,3-6H2,1-2H3. The average molecular weight is 299 g/mol. The molecule has 1 N–H and O–H groups in total. The number of nitrogens with zero attached hydrogens (tertiary/aromatic N) is 2. The molecule has 1 aromatic rings. The molecule has 0 radical (unpaired) electrons. The van der Waals surface area contributed by atoms with E-state index in [-0.39, 0.29) is 0 Å². The summed E-state index contributed by atoms with van der Waals surface area (Å²) in [6.07, 6.45) is 6.37. The van der Waals surface area contributed by atoms with Gasteiger partial charge in [-0.15, -0.1) is 0 Å². The normalized spacial score (nSPS) is 36.1. The maximum atomic E-state index is 11.1. The van der Waals surface area contributed by atoms with Crippen LogP contribution in [0.4, 0.5) is 0 Å². The van der Waals surface area contributed by atoms with Crippen molar-refractivity contribution in [3.8, 4) is 0 Å².